The van der Waals surface area contributed by atoms with E-state index in [2.05, 4.69) is 24.1 Å². The zero-order valence-electron chi connectivity index (χ0n) is 20.1. The molecule has 0 bridgehead atoms. The first-order valence-electron chi connectivity index (χ1n) is 12.1. The molecule has 0 unspecified atom stereocenters. The third-order valence-corrected chi connectivity index (χ3v) is 7.27. The molecule has 1 fully saturated rings. The molecule has 184 valence electrons. The molecule has 2 aromatic carbocycles. The fraction of sp³-hybridized carbons (Fsp3) is 0.393. The van der Waals surface area contributed by atoms with Gasteiger partial charge in [0.05, 0.1) is 23.6 Å². The van der Waals surface area contributed by atoms with E-state index < -0.39 is 11.7 Å². The SMILES string of the molecule is CCOc1ccccc1-c1ccc2c(n1)CN(C)CC21CCN(c2ccccc2C(F)(F)F)CC1. The second kappa shape index (κ2) is 9.19. The van der Waals surface area contributed by atoms with Gasteiger partial charge in [-0.25, -0.2) is 0 Å². The highest BCUT2D eigenvalue weighted by Gasteiger charge is 2.43. The van der Waals surface area contributed by atoms with Crippen molar-refractivity contribution in [3.63, 3.8) is 0 Å². The Balaban J connectivity index is 1.44. The summed E-state index contributed by atoms with van der Waals surface area (Å²) in [7, 11) is 2.10. The Morgan fingerprint density at radius 1 is 0.971 bits per heavy atom. The molecule has 3 heterocycles. The van der Waals surface area contributed by atoms with Gasteiger partial charge in [0.15, 0.2) is 0 Å². The van der Waals surface area contributed by atoms with E-state index in [0.717, 1.165) is 48.6 Å². The predicted octanol–water partition coefficient (Wildman–Crippen LogP) is 6.15. The van der Waals surface area contributed by atoms with Crippen LogP contribution in [-0.4, -0.2) is 43.2 Å². The summed E-state index contributed by atoms with van der Waals surface area (Å²) in [6.07, 6.45) is -2.79. The van der Waals surface area contributed by atoms with Crippen LogP contribution >= 0.6 is 0 Å². The number of hydrogen-bond donors (Lipinski definition) is 0. The van der Waals surface area contributed by atoms with Crippen LogP contribution in [-0.2, 0) is 18.1 Å². The lowest BCUT2D eigenvalue weighted by molar-refractivity contribution is -0.137. The number of anilines is 1. The van der Waals surface area contributed by atoms with Gasteiger partial charge in [0.2, 0.25) is 0 Å². The molecule has 0 amide bonds. The fourth-order valence-corrected chi connectivity index (χ4v) is 5.72. The molecule has 35 heavy (non-hydrogen) atoms. The number of fused-ring (bicyclic) bond motifs is 2. The summed E-state index contributed by atoms with van der Waals surface area (Å²) >= 11 is 0. The predicted molar refractivity (Wildman–Crippen MR) is 132 cm³/mol. The summed E-state index contributed by atoms with van der Waals surface area (Å²) in [5.74, 6) is 0.818. The molecular weight excluding hydrogens is 451 g/mol. The second-order valence-corrected chi connectivity index (χ2v) is 9.57. The molecule has 0 N–H and O–H groups in total. The molecule has 1 spiro atoms. The van der Waals surface area contributed by atoms with Gasteiger partial charge in [-0.2, -0.15) is 13.2 Å². The van der Waals surface area contributed by atoms with E-state index >= 15 is 0 Å². The van der Waals surface area contributed by atoms with Gasteiger partial charge < -0.3 is 9.64 Å². The Labute approximate surface area is 204 Å². The summed E-state index contributed by atoms with van der Waals surface area (Å²) < 4.78 is 46.6. The molecule has 0 atom stereocenters. The number of piperidine rings is 1. The second-order valence-electron chi connectivity index (χ2n) is 9.57. The molecule has 3 aromatic rings. The number of halogens is 3. The molecule has 1 aromatic heterocycles. The van der Waals surface area contributed by atoms with Crippen LogP contribution in [0.1, 0.15) is 36.6 Å². The minimum absolute atomic E-state index is 0.114. The number of pyridine rings is 1. The van der Waals surface area contributed by atoms with Crippen LogP contribution in [0.25, 0.3) is 11.3 Å². The number of likely N-dealkylation sites (N-methyl/N-ethyl adjacent to an activating group) is 1. The topological polar surface area (TPSA) is 28.6 Å². The van der Waals surface area contributed by atoms with Crippen molar-refractivity contribution in [3.05, 3.63) is 77.5 Å². The number of nitrogens with zero attached hydrogens (tertiary/aromatic N) is 3. The van der Waals surface area contributed by atoms with E-state index in [9.17, 15) is 13.2 Å². The van der Waals surface area contributed by atoms with Crippen molar-refractivity contribution in [2.24, 2.45) is 0 Å². The number of para-hydroxylation sites is 2. The molecule has 0 saturated carbocycles. The molecule has 2 aliphatic rings. The van der Waals surface area contributed by atoms with Gasteiger partial charge in [-0.3, -0.25) is 9.88 Å². The van der Waals surface area contributed by atoms with Crippen LogP contribution < -0.4 is 9.64 Å². The lowest BCUT2D eigenvalue weighted by Crippen LogP contribution is -2.51. The smallest absolute Gasteiger partial charge is 0.418 e. The van der Waals surface area contributed by atoms with E-state index in [1.165, 1.54) is 17.7 Å². The van der Waals surface area contributed by atoms with Crippen LogP contribution in [0.2, 0.25) is 0 Å². The van der Waals surface area contributed by atoms with Crippen molar-refractivity contribution in [1.29, 1.82) is 0 Å². The number of rotatable bonds is 4. The highest BCUT2D eigenvalue weighted by molar-refractivity contribution is 5.68. The maximum absolute atomic E-state index is 13.6. The molecule has 1 saturated heterocycles. The quantitative estimate of drug-likeness (QED) is 0.447. The third kappa shape index (κ3) is 4.49. The Morgan fingerprint density at radius 2 is 1.69 bits per heavy atom. The van der Waals surface area contributed by atoms with Crippen LogP contribution in [0, 0.1) is 0 Å². The highest BCUT2D eigenvalue weighted by Crippen LogP contribution is 2.44. The normalized spacial score (nSPS) is 17.9. The zero-order valence-corrected chi connectivity index (χ0v) is 20.1. The molecule has 0 radical (unpaired) electrons. The van der Waals surface area contributed by atoms with E-state index in [0.29, 0.717) is 19.7 Å². The van der Waals surface area contributed by atoms with Gasteiger partial charge in [0.25, 0.3) is 0 Å². The van der Waals surface area contributed by atoms with E-state index in [1.807, 2.05) is 36.1 Å². The monoisotopic (exact) mass is 481 g/mol. The fourth-order valence-electron chi connectivity index (χ4n) is 5.72. The first kappa shape index (κ1) is 23.7. The third-order valence-electron chi connectivity index (χ3n) is 7.27. The number of alkyl halides is 3. The zero-order chi connectivity index (χ0) is 24.6. The average molecular weight is 482 g/mol. The summed E-state index contributed by atoms with van der Waals surface area (Å²) in [6.45, 7) is 5.34. The molecule has 5 rings (SSSR count). The van der Waals surface area contributed by atoms with Crippen molar-refractivity contribution in [2.45, 2.75) is 37.9 Å². The van der Waals surface area contributed by atoms with Crippen LogP contribution in [0.15, 0.2) is 60.7 Å². The number of aromatic nitrogens is 1. The maximum atomic E-state index is 13.6. The number of benzene rings is 2. The maximum Gasteiger partial charge on any atom is 0.418 e. The van der Waals surface area contributed by atoms with E-state index in [-0.39, 0.29) is 11.1 Å². The number of hydrogen-bond acceptors (Lipinski definition) is 4. The van der Waals surface area contributed by atoms with Crippen molar-refractivity contribution < 1.29 is 17.9 Å². The average Bonchev–Trinajstić information content (AvgIpc) is 2.84. The molecule has 0 aliphatic carbocycles. The first-order valence-corrected chi connectivity index (χ1v) is 12.1. The van der Waals surface area contributed by atoms with Crippen LogP contribution in [0.3, 0.4) is 0 Å². The largest absolute Gasteiger partial charge is 0.493 e. The van der Waals surface area contributed by atoms with E-state index in [1.54, 1.807) is 12.1 Å². The van der Waals surface area contributed by atoms with Crippen molar-refractivity contribution in [3.8, 4) is 17.0 Å². The van der Waals surface area contributed by atoms with Crippen LogP contribution in [0.4, 0.5) is 18.9 Å². The first-order chi connectivity index (χ1) is 16.8. The lowest BCUT2D eigenvalue weighted by atomic mass is 9.69. The molecule has 7 heteroatoms. The summed E-state index contributed by atoms with van der Waals surface area (Å²) in [6, 6.07) is 18.1. The molecule has 2 aliphatic heterocycles. The van der Waals surface area contributed by atoms with Gasteiger partial charge in [-0.15, -0.1) is 0 Å². The van der Waals surface area contributed by atoms with Crippen molar-refractivity contribution >= 4 is 5.69 Å². The summed E-state index contributed by atoms with van der Waals surface area (Å²) in [4.78, 5) is 9.24. The minimum atomic E-state index is -4.36. The molecular formula is C28H30F3N3O. The van der Waals surface area contributed by atoms with Crippen molar-refractivity contribution in [1.82, 2.24) is 9.88 Å². The Bertz CT molecular complexity index is 1200. The minimum Gasteiger partial charge on any atom is -0.493 e. The summed E-state index contributed by atoms with van der Waals surface area (Å²) in [5.41, 5.74) is 3.74. The number of ether oxygens (including phenoxy) is 1. The molecule has 4 nitrogen and oxygen atoms in total. The van der Waals surface area contributed by atoms with Crippen LogP contribution in [0.5, 0.6) is 5.75 Å². The highest BCUT2D eigenvalue weighted by atomic mass is 19.4. The lowest BCUT2D eigenvalue weighted by Gasteiger charge is -2.48. The Hall–Kier alpha value is -3.06. The van der Waals surface area contributed by atoms with Gasteiger partial charge in [0, 0.05) is 42.8 Å². The Kier molecular flexibility index (Phi) is 6.21. The van der Waals surface area contributed by atoms with Gasteiger partial charge in [0.1, 0.15) is 5.75 Å². The van der Waals surface area contributed by atoms with Gasteiger partial charge >= 0.3 is 6.18 Å². The standard InChI is InChI=1S/C28H30F3N3O/c1-3-35-26-11-7-4-8-20(26)23-13-12-21-24(32-23)18-33(2)19-27(21)14-16-34(17-15-27)25-10-6-5-9-22(25)28(29,30)31/h4-13H,3,14-19H2,1-2H3. The van der Waals surface area contributed by atoms with E-state index in [4.69, 9.17) is 9.72 Å². The van der Waals surface area contributed by atoms with Gasteiger partial charge in [-0.05, 0) is 62.7 Å². The Morgan fingerprint density at radius 3 is 2.43 bits per heavy atom. The summed E-state index contributed by atoms with van der Waals surface area (Å²) in [5, 5.41) is 0. The van der Waals surface area contributed by atoms with Crippen molar-refractivity contribution in [2.75, 3.05) is 38.2 Å². The van der Waals surface area contributed by atoms with Gasteiger partial charge in [-0.1, -0.05) is 30.3 Å².